The Morgan fingerprint density at radius 2 is 1.59 bits per heavy atom. The van der Waals surface area contributed by atoms with Gasteiger partial charge in [-0.15, -0.1) is 0 Å². The van der Waals surface area contributed by atoms with Crippen molar-refractivity contribution in [1.82, 2.24) is 4.90 Å². The third-order valence-electron chi connectivity index (χ3n) is 4.07. The first-order valence-corrected chi connectivity index (χ1v) is 7.98. The van der Waals surface area contributed by atoms with Crippen molar-refractivity contribution in [2.24, 2.45) is 0 Å². The van der Waals surface area contributed by atoms with Gasteiger partial charge in [-0.1, -0.05) is 72.8 Å². The molecular weight excluding hydrogens is 270 g/mol. The minimum atomic E-state index is 0.496. The first-order valence-electron chi connectivity index (χ1n) is 7.98. The molecular formula is C20H23NO. The lowest BCUT2D eigenvalue weighted by molar-refractivity contribution is 0.101. The zero-order chi connectivity index (χ0) is 15.0. The molecule has 0 saturated carbocycles. The third kappa shape index (κ3) is 4.30. The van der Waals surface area contributed by atoms with Crippen LogP contribution in [0.2, 0.25) is 0 Å². The second-order valence-corrected chi connectivity index (χ2v) is 5.74. The third-order valence-corrected chi connectivity index (χ3v) is 4.07. The SMILES string of the molecule is C1=C[C@@H](CCOCc2ccccc2)N(Cc2ccccc2)C1. The molecule has 3 rings (SSSR count). The summed E-state index contributed by atoms with van der Waals surface area (Å²) in [5, 5.41) is 0. The van der Waals surface area contributed by atoms with E-state index in [4.69, 9.17) is 4.74 Å². The molecule has 114 valence electrons. The lowest BCUT2D eigenvalue weighted by Gasteiger charge is -2.24. The van der Waals surface area contributed by atoms with E-state index in [1.807, 2.05) is 6.07 Å². The van der Waals surface area contributed by atoms with Crippen LogP contribution in [0.3, 0.4) is 0 Å². The molecule has 1 heterocycles. The van der Waals surface area contributed by atoms with Gasteiger partial charge in [0.1, 0.15) is 0 Å². The van der Waals surface area contributed by atoms with Gasteiger partial charge in [-0.25, -0.2) is 0 Å². The van der Waals surface area contributed by atoms with E-state index in [2.05, 4.69) is 71.6 Å². The maximum absolute atomic E-state index is 5.82. The number of hydrogen-bond acceptors (Lipinski definition) is 2. The minimum Gasteiger partial charge on any atom is -0.377 e. The van der Waals surface area contributed by atoms with Crippen molar-refractivity contribution < 1.29 is 4.74 Å². The summed E-state index contributed by atoms with van der Waals surface area (Å²) < 4.78 is 5.82. The molecule has 2 aromatic rings. The summed E-state index contributed by atoms with van der Waals surface area (Å²) in [5.74, 6) is 0. The van der Waals surface area contributed by atoms with Crippen LogP contribution in [0.15, 0.2) is 72.8 Å². The van der Waals surface area contributed by atoms with Gasteiger partial charge in [-0.05, 0) is 17.5 Å². The smallest absolute Gasteiger partial charge is 0.0716 e. The Morgan fingerprint density at radius 1 is 0.909 bits per heavy atom. The van der Waals surface area contributed by atoms with Crippen LogP contribution >= 0.6 is 0 Å². The average molecular weight is 293 g/mol. The summed E-state index contributed by atoms with van der Waals surface area (Å²) in [5.41, 5.74) is 2.62. The predicted molar refractivity (Wildman–Crippen MR) is 90.5 cm³/mol. The van der Waals surface area contributed by atoms with Crippen molar-refractivity contribution in [3.8, 4) is 0 Å². The van der Waals surface area contributed by atoms with Crippen LogP contribution in [0.25, 0.3) is 0 Å². The van der Waals surface area contributed by atoms with Gasteiger partial charge in [0.15, 0.2) is 0 Å². The predicted octanol–water partition coefficient (Wildman–Crippen LogP) is 4.03. The highest BCUT2D eigenvalue weighted by Crippen LogP contribution is 2.17. The van der Waals surface area contributed by atoms with Crippen molar-refractivity contribution in [2.75, 3.05) is 13.2 Å². The molecule has 0 fully saturated rings. The molecule has 0 amide bonds. The van der Waals surface area contributed by atoms with Crippen molar-refractivity contribution in [1.29, 1.82) is 0 Å². The van der Waals surface area contributed by atoms with E-state index in [1.165, 1.54) is 11.1 Å². The molecule has 0 unspecified atom stereocenters. The Labute approximate surface area is 133 Å². The van der Waals surface area contributed by atoms with Crippen LogP contribution in [0.5, 0.6) is 0 Å². The van der Waals surface area contributed by atoms with Gasteiger partial charge in [0, 0.05) is 25.7 Å². The highest BCUT2D eigenvalue weighted by atomic mass is 16.5. The van der Waals surface area contributed by atoms with Gasteiger partial charge in [0.05, 0.1) is 6.61 Å². The Balaban J connectivity index is 1.42. The van der Waals surface area contributed by atoms with Crippen LogP contribution in [0.4, 0.5) is 0 Å². The molecule has 0 saturated heterocycles. The zero-order valence-electron chi connectivity index (χ0n) is 12.9. The van der Waals surface area contributed by atoms with Gasteiger partial charge in [-0.3, -0.25) is 4.90 Å². The first kappa shape index (κ1) is 15.0. The summed E-state index contributed by atoms with van der Waals surface area (Å²) in [6, 6.07) is 21.5. The van der Waals surface area contributed by atoms with Gasteiger partial charge >= 0.3 is 0 Å². The summed E-state index contributed by atoms with van der Waals surface area (Å²) in [7, 11) is 0. The molecule has 0 N–H and O–H groups in total. The maximum Gasteiger partial charge on any atom is 0.0716 e. The van der Waals surface area contributed by atoms with Crippen LogP contribution in [0.1, 0.15) is 17.5 Å². The van der Waals surface area contributed by atoms with Crippen molar-refractivity contribution in [3.63, 3.8) is 0 Å². The normalized spacial score (nSPS) is 17.9. The summed E-state index contributed by atoms with van der Waals surface area (Å²) >= 11 is 0. The van der Waals surface area contributed by atoms with Gasteiger partial charge in [0.25, 0.3) is 0 Å². The van der Waals surface area contributed by atoms with Crippen LogP contribution in [-0.2, 0) is 17.9 Å². The lowest BCUT2D eigenvalue weighted by Crippen LogP contribution is -2.30. The van der Waals surface area contributed by atoms with Crippen LogP contribution < -0.4 is 0 Å². The molecule has 0 aromatic heterocycles. The summed E-state index contributed by atoms with van der Waals surface area (Å²) in [6.45, 7) is 3.56. The fourth-order valence-electron chi connectivity index (χ4n) is 2.86. The quantitative estimate of drug-likeness (QED) is 0.564. The monoisotopic (exact) mass is 293 g/mol. The van der Waals surface area contributed by atoms with E-state index in [0.717, 1.165) is 26.1 Å². The van der Waals surface area contributed by atoms with Crippen molar-refractivity contribution in [3.05, 3.63) is 83.9 Å². The summed E-state index contributed by atoms with van der Waals surface area (Å²) in [6.07, 6.45) is 5.63. The fourth-order valence-corrected chi connectivity index (χ4v) is 2.86. The first-order chi connectivity index (χ1) is 10.9. The van der Waals surface area contributed by atoms with Crippen molar-refractivity contribution >= 4 is 0 Å². The fraction of sp³-hybridized carbons (Fsp3) is 0.300. The molecule has 1 aliphatic heterocycles. The van der Waals surface area contributed by atoms with E-state index in [1.54, 1.807) is 0 Å². The second kappa shape index (κ2) is 7.92. The standard InChI is InChI=1S/C20H23NO/c1-3-8-18(9-4-1)16-21-14-7-12-20(21)13-15-22-17-19-10-5-2-6-11-19/h1-12,20H,13-17H2/t20-/m0/s1. The highest BCUT2D eigenvalue weighted by molar-refractivity contribution is 5.16. The molecule has 2 nitrogen and oxygen atoms in total. The van der Waals surface area contributed by atoms with E-state index in [9.17, 15) is 0 Å². The Bertz CT molecular complexity index is 579. The molecule has 0 aliphatic carbocycles. The molecule has 22 heavy (non-hydrogen) atoms. The Hall–Kier alpha value is -1.90. The molecule has 0 bridgehead atoms. The number of ether oxygens (including phenoxy) is 1. The van der Waals surface area contributed by atoms with E-state index in [0.29, 0.717) is 12.6 Å². The van der Waals surface area contributed by atoms with Gasteiger partial charge in [0.2, 0.25) is 0 Å². The van der Waals surface area contributed by atoms with E-state index in [-0.39, 0.29) is 0 Å². The summed E-state index contributed by atoms with van der Waals surface area (Å²) in [4.78, 5) is 2.50. The van der Waals surface area contributed by atoms with Gasteiger partial charge in [-0.2, -0.15) is 0 Å². The Kier molecular flexibility index (Phi) is 5.41. The number of benzene rings is 2. The van der Waals surface area contributed by atoms with Crippen molar-refractivity contribution in [2.45, 2.75) is 25.6 Å². The number of rotatable bonds is 7. The highest BCUT2D eigenvalue weighted by Gasteiger charge is 2.19. The topological polar surface area (TPSA) is 12.5 Å². The maximum atomic E-state index is 5.82. The van der Waals surface area contributed by atoms with Gasteiger partial charge < -0.3 is 4.74 Å². The van der Waals surface area contributed by atoms with Crippen LogP contribution in [-0.4, -0.2) is 24.1 Å². The molecule has 1 aliphatic rings. The number of nitrogens with zero attached hydrogens (tertiary/aromatic N) is 1. The Morgan fingerprint density at radius 3 is 2.32 bits per heavy atom. The molecule has 0 spiro atoms. The second-order valence-electron chi connectivity index (χ2n) is 5.74. The molecule has 2 aromatic carbocycles. The van der Waals surface area contributed by atoms with E-state index < -0.39 is 0 Å². The average Bonchev–Trinajstić information content (AvgIpc) is 3.01. The zero-order valence-corrected chi connectivity index (χ0v) is 12.9. The minimum absolute atomic E-state index is 0.496. The molecule has 2 heteroatoms. The lowest BCUT2D eigenvalue weighted by atomic mass is 10.1. The number of hydrogen-bond donors (Lipinski definition) is 0. The molecule has 0 radical (unpaired) electrons. The van der Waals surface area contributed by atoms with Crippen LogP contribution in [0, 0.1) is 0 Å². The molecule has 1 atom stereocenters. The van der Waals surface area contributed by atoms with E-state index >= 15 is 0 Å². The largest absolute Gasteiger partial charge is 0.377 e.